The first-order valence-corrected chi connectivity index (χ1v) is 8.49. The van der Waals surface area contributed by atoms with Crippen molar-refractivity contribution >= 4 is 28.5 Å². The standard InChI is InChI=1S/C18H20ClN3O2/c1-3-21-12-16(10-20-21)13(2)22(18(23)9-19)11-14-4-5-17-15(8-14)6-7-24-17/h4-8,10,12-13H,3,9,11H2,1-2H3. The van der Waals surface area contributed by atoms with E-state index in [1.165, 1.54) is 0 Å². The fourth-order valence-electron chi connectivity index (χ4n) is 2.78. The number of amides is 1. The number of hydrogen-bond acceptors (Lipinski definition) is 3. The van der Waals surface area contributed by atoms with Gasteiger partial charge in [-0.25, -0.2) is 0 Å². The van der Waals surface area contributed by atoms with Crippen molar-refractivity contribution in [2.75, 3.05) is 5.88 Å². The van der Waals surface area contributed by atoms with E-state index in [0.29, 0.717) is 6.54 Å². The van der Waals surface area contributed by atoms with Gasteiger partial charge in [0.2, 0.25) is 5.91 Å². The molecule has 1 aromatic carbocycles. The zero-order chi connectivity index (χ0) is 17.1. The quantitative estimate of drug-likeness (QED) is 0.635. The molecule has 0 radical (unpaired) electrons. The van der Waals surface area contributed by atoms with Gasteiger partial charge in [0.15, 0.2) is 0 Å². The number of furan rings is 1. The average molecular weight is 346 g/mol. The minimum atomic E-state index is -0.100. The highest BCUT2D eigenvalue weighted by Gasteiger charge is 2.22. The van der Waals surface area contributed by atoms with Gasteiger partial charge in [0.1, 0.15) is 11.5 Å². The summed E-state index contributed by atoms with van der Waals surface area (Å²) >= 11 is 5.83. The van der Waals surface area contributed by atoms with E-state index in [0.717, 1.165) is 28.6 Å². The molecule has 2 aromatic heterocycles. The summed E-state index contributed by atoms with van der Waals surface area (Å²) in [5, 5.41) is 5.32. The van der Waals surface area contributed by atoms with Crippen LogP contribution in [0.1, 0.15) is 31.0 Å². The molecular weight excluding hydrogens is 326 g/mol. The summed E-state index contributed by atoms with van der Waals surface area (Å²) < 4.78 is 7.22. The van der Waals surface area contributed by atoms with Crippen molar-refractivity contribution in [3.05, 3.63) is 54.0 Å². The Morgan fingerprint density at radius 1 is 1.42 bits per heavy atom. The van der Waals surface area contributed by atoms with E-state index < -0.39 is 0 Å². The number of alkyl halides is 1. The molecule has 0 aliphatic rings. The van der Waals surface area contributed by atoms with Crippen molar-refractivity contribution in [1.82, 2.24) is 14.7 Å². The minimum Gasteiger partial charge on any atom is -0.464 e. The van der Waals surface area contributed by atoms with Crippen molar-refractivity contribution < 1.29 is 9.21 Å². The lowest BCUT2D eigenvalue weighted by molar-refractivity contribution is -0.131. The monoisotopic (exact) mass is 345 g/mol. The third-order valence-electron chi connectivity index (χ3n) is 4.23. The van der Waals surface area contributed by atoms with Crippen LogP contribution in [0.4, 0.5) is 0 Å². The fraction of sp³-hybridized carbons (Fsp3) is 0.333. The Morgan fingerprint density at radius 2 is 2.25 bits per heavy atom. The molecule has 6 heteroatoms. The molecule has 3 rings (SSSR count). The molecule has 0 saturated heterocycles. The lowest BCUT2D eigenvalue weighted by Gasteiger charge is -2.28. The second-order valence-corrected chi connectivity index (χ2v) is 6.02. The molecule has 1 amide bonds. The highest BCUT2D eigenvalue weighted by molar-refractivity contribution is 6.27. The van der Waals surface area contributed by atoms with Crippen LogP contribution in [0, 0.1) is 0 Å². The molecule has 3 aromatic rings. The molecule has 126 valence electrons. The maximum Gasteiger partial charge on any atom is 0.238 e. The van der Waals surface area contributed by atoms with Gasteiger partial charge in [-0.05, 0) is 37.6 Å². The molecule has 0 fully saturated rings. The summed E-state index contributed by atoms with van der Waals surface area (Å²) in [5.41, 5.74) is 2.88. The molecular formula is C18H20ClN3O2. The lowest BCUT2D eigenvalue weighted by Crippen LogP contribution is -2.33. The van der Waals surface area contributed by atoms with Crippen molar-refractivity contribution in [3.8, 4) is 0 Å². The lowest BCUT2D eigenvalue weighted by atomic mass is 10.1. The van der Waals surface area contributed by atoms with E-state index in [4.69, 9.17) is 16.0 Å². The van der Waals surface area contributed by atoms with E-state index in [9.17, 15) is 4.79 Å². The number of aromatic nitrogens is 2. The number of benzene rings is 1. The fourth-order valence-corrected chi connectivity index (χ4v) is 2.93. The highest BCUT2D eigenvalue weighted by Crippen LogP contribution is 2.24. The predicted octanol–water partition coefficient (Wildman–Crippen LogP) is 3.98. The number of aryl methyl sites for hydroxylation is 1. The SMILES string of the molecule is CCn1cc(C(C)N(Cc2ccc3occc3c2)C(=O)CCl)cn1. The zero-order valence-corrected chi connectivity index (χ0v) is 14.5. The van der Waals surface area contributed by atoms with Crippen LogP contribution in [0.25, 0.3) is 11.0 Å². The molecule has 0 saturated carbocycles. The van der Waals surface area contributed by atoms with Crippen LogP contribution < -0.4 is 0 Å². The molecule has 2 heterocycles. The minimum absolute atomic E-state index is 0.0415. The summed E-state index contributed by atoms with van der Waals surface area (Å²) in [6, 6.07) is 7.75. The molecule has 0 aliphatic carbocycles. The second-order valence-electron chi connectivity index (χ2n) is 5.75. The van der Waals surface area contributed by atoms with Gasteiger partial charge >= 0.3 is 0 Å². The Labute approximate surface area is 145 Å². The van der Waals surface area contributed by atoms with E-state index >= 15 is 0 Å². The molecule has 24 heavy (non-hydrogen) atoms. The molecule has 5 nitrogen and oxygen atoms in total. The zero-order valence-electron chi connectivity index (χ0n) is 13.8. The average Bonchev–Trinajstić information content (AvgIpc) is 3.26. The normalized spacial score (nSPS) is 12.5. The van der Waals surface area contributed by atoms with Gasteiger partial charge in [-0.15, -0.1) is 11.6 Å². The molecule has 0 N–H and O–H groups in total. The van der Waals surface area contributed by atoms with Crippen molar-refractivity contribution in [2.45, 2.75) is 33.0 Å². The predicted molar refractivity (Wildman–Crippen MR) is 93.8 cm³/mol. The van der Waals surface area contributed by atoms with Gasteiger partial charge in [0.05, 0.1) is 18.5 Å². The highest BCUT2D eigenvalue weighted by atomic mass is 35.5. The Balaban J connectivity index is 1.86. The second kappa shape index (κ2) is 7.09. The van der Waals surface area contributed by atoms with Crippen molar-refractivity contribution in [2.24, 2.45) is 0 Å². The maximum atomic E-state index is 12.4. The van der Waals surface area contributed by atoms with Gasteiger partial charge in [-0.2, -0.15) is 5.10 Å². The first-order valence-electron chi connectivity index (χ1n) is 7.96. The maximum absolute atomic E-state index is 12.4. The summed E-state index contributed by atoms with van der Waals surface area (Å²) in [6.07, 6.45) is 5.44. The number of halogens is 1. The van der Waals surface area contributed by atoms with Crippen LogP contribution in [0.5, 0.6) is 0 Å². The largest absolute Gasteiger partial charge is 0.464 e. The molecule has 0 aliphatic heterocycles. The van der Waals surface area contributed by atoms with Crippen LogP contribution >= 0.6 is 11.6 Å². The third kappa shape index (κ3) is 3.31. The van der Waals surface area contributed by atoms with Gasteiger partial charge < -0.3 is 9.32 Å². The Bertz CT molecular complexity index is 840. The Morgan fingerprint density at radius 3 is 2.96 bits per heavy atom. The summed E-state index contributed by atoms with van der Waals surface area (Å²) in [7, 11) is 0. The van der Waals surface area contributed by atoms with Crippen LogP contribution in [-0.2, 0) is 17.9 Å². The number of carbonyl (C=O) groups is 1. The van der Waals surface area contributed by atoms with Gasteiger partial charge in [0.25, 0.3) is 0 Å². The summed E-state index contributed by atoms with van der Waals surface area (Å²) in [6.45, 7) is 5.32. The first kappa shape index (κ1) is 16.6. The molecule has 0 spiro atoms. The van der Waals surface area contributed by atoms with Gasteiger partial charge in [0, 0.05) is 30.2 Å². The number of hydrogen-bond donors (Lipinski definition) is 0. The smallest absolute Gasteiger partial charge is 0.238 e. The number of nitrogens with zero attached hydrogens (tertiary/aromatic N) is 3. The van der Waals surface area contributed by atoms with E-state index in [2.05, 4.69) is 5.10 Å². The summed E-state index contributed by atoms with van der Waals surface area (Å²) in [5.74, 6) is -0.138. The molecule has 0 bridgehead atoms. The van der Waals surface area contributed by atoms with Crippen LogP contribution in [0.15, 0.2) is 47.3 Å². The van der Waals surface area contributed by atoms with Crippen molar-refractivity contribution in [3.63, 3.8) is 0 Å². The Kier molecular flexibility index (Phi) is 4.90. The van der Waals surface area contributed by atoms with Gasteiger partial charge in [-0.3, -0.25) is 9.48 Å². The topological polar surface area (TPSA) is 51.3 Å². The Hall–Kier alpha value is -2.27. The molecule has 1 unspecified atom stereocenters. The van der Waals surface area contributed by atoms with Gasteiger partial charge in [-0.1, -0.05) is 6.07 Å². The number of carbonyl (C=O) groups excluding carboxylic acids is 1. The first-order chi connectivity index (χ1) is 11.6. The number of rotatable bonds is 6. The van der Waals surface area contributed by atoms with E-state index in [-0.39, 0.29) is 17.8 Å². The van der Waals surface area contributed by atoms with Crippen LogP contribution in [0.2, 0.25) is 0 Å². The third-order valence-corrected chi connectivity index (χ3v) is 4.46. The molecule has 1 atom stereocenters. The van der Waals surface area contributed by atoms with E-state index in [1.54, 1.807) is 11.2 Å². The summed E-state index contributed by atoms with van der Waals surface area (Å²) in [4.78, 5) is 14.2. The van der Waals surface area contributed by atoms with Crippen molar-refractivity contribution in [1.29, 1.82) is 0 Å². The van der Waals surface area contributed by atoms with Crippen LogP contribution in [-0.4, -0.2) is 26.5 Å². The number of fused-ring (bicyclic) bond motifs is 1. The van der Waals surface area contributed by atoms with E-state index in [1.807, 2.05) is 55.2 Å². The van der Waals surface area contributed by atoms with Crippen LogP contribution in [0.3, 0.4) is 0 Å².